The molecule has 4 rings (SSSR count). The van der Waals surface area contributed by atoms with Crippen LogP contribution in [0, 0.1) is 17.8 Å². The molecule has 3 aliphatic rings. The van der Waals surface area contributed by atoms with Crippen molar-refractivity contribution in [3.05, 3.63) is 24.3 Å². The number of hydrogen-bond donors (Lipinski definition) is 0. The molecule has 2 atom stereocenters. The van der Waals surface area contributed by atoms with Crippen LogP contribution in [0.5, 0.6) is 0 Å². The van der Waals surface area contributed by atoms with Gasteiger partial charge in [0, 0.05) is 74.1 Å². The van der Waals surface area contributed by atoms with Crippen LogP contribution in [-0.4, -0.2) is 82.3 Å². The van der Waals surface area contributed by atoms with Gasteiger partial charge >= 0.3 is 0 Å². The van der Waals surface area contributed by atoms with E-state index in [0.717, 1.165) is 49.6 Å². The topological polar surface area (TPSA) is 52.6 Å². The summed E-state index contributed by atoms with van der Waals surface area (Å²) in [5, 5.41) is 0. The number of nitrogens with zero attached hydrogens (tertiary/aromatic N) is 5. The van der Waals surface area contributed by atoms with E-state index < -0.39 is 0 Å². The smallest absolute Gasteiger partial charge is 0.138 e. The van der Waals surface area contributed by atoms with Crippen molar-refractivity contribution in [2.45, 2.75) is 78.0 Å². The Labute approximate surface area is 189 Å². The summed E-state index contributed by atoms with van der Waals surface area (Å²) >= 11 is 0. The van der Waals surface area contributed by atoms with E-state index in [4.69, 9.17) is 0 Å². The number of rotatable bonds is 7. The second-order valence-electron chi connectivity index (χ2n) is 10.6. The van der Waals surface area contributed by atoms with Gasteiger partial charge in [-0.1, -0.05) is 13.8 Å². The van der Waals surface area contributed by atoms with E-state index >= 15 is 0 Å². The van der Waals surface area contributed by atoms with Crippen LogP contribution in [-0.2, 0) is 11.3 Å². The lowest BCUT2D eigenvalue weighted by Crippen LogP contribution is -2.53. The first kappa shape index (κ1) is 24.3. The second-order valence-corrected chi connectivity index (χ2v) is 10.6. The highest BCUT2D eigenvalue weighted by Gasteiger charge is 2.38. The first-order valence-corrected chi connectivity index (χ1v) is 12.2. The number of piperazine rings is 1. The first-order valence-electron chi connectivity index (χ1n) is 12.2. The number of Topliss-reactive ketones (excluding diaryl/α,β-unsaturated/α-hetero) is 1. The van der Waals surface area contributed by atoms with Crippen molar-refractivity contribution < 1.29 is 4.79 Å². The van der Waals surface area contributed by atoms with Gasteiger partial charge in [-0.3, -0.25) is 14.6 Å². The van der Waals surface area contributed by atoms with Gasteiger partial charge in [0.05, 0.1) is 0 Å². The minimum Gasteiger partial charge on any atom is -0.302 e. The number of likely N-dealkylation sites (tertiary alicyclic amines) is 1. The fraction of sp³-hybridized carbons (Fsp3) is 0.800. The molecule has 31 heavy (non-hydrogen) atoms. The Morgan fingerprint density at radius 1 is 1.10 bits per heavy atom. The van der Waals surface area contributed by atoms with E-state index in [-0.39, 0.29) is 5.92 Å². The summed E-state index contributed by atoms with van der Waals surface area (Å²) in [6.45, 7) is 13.1. The summed E-state index contributed by atoms with van der Waals surface area (Å²) in [5.74, 6) is 1.61. The third-order valence-electron chi connectivity index (χ3n) is 7.45. The SMILES string of the molecule is CC(C)C(=O)C1CC(CN(C)Cc2cncnc2)C1.CC(C)N1CC2CCC(C1)N2C. The fourth-order valence-electron chi connectivity index (χ4n) is 5.39. The molecule has 2 saturated heterocycles. The Morgan fingerprint density at radius 2 is 1.68 bits per heavy atom. The van der Waals surface area contributed by atoms with Crippen LogP contribution >= 0.6 is 0 Å². The van der Waals surface area contributed by atoms with Gasteiger partial charge in [0.1, 0.15) is 12.1 Å². The molecule has 6 heteroatoms. The molecular weight excluding hydrogens is 386 g/mol. The van der Waals surface area contributed by atoms with E-state index in [1.54, 1.807) is 6.33 Å². The third-order valence-corrected chi connectivity index (χ3v) is 7.45. The average molecular weight is 430 g/mol. The molecule has 1 aromatic rings. The molecule has 1 aromatic heterocycles. The summed E-state index contributed by atoms with van der Waals surface area (Å²) < 4.78 is 0. The Morgan fingerprint density at radius 3 is 2.19 bits per heavy atom. The van der Waals surface area contributed by atoms with Crippen molar-refractivity contribution in [2.24, 2.45) is 17.8 Å². The zero-order valence-electron chi connectivity index (χ0n) is 20.5. The lowest BCUT2D eigenvalue weighted by Gasteiger charge is -2.40. The maximum Gasteiger partial charge on any atom is 0.138 e. The minimum absolute atomic E-state index is 0.185. The van der Waals surface area contributed by atoms with E-state index in [9.17, 15) is 4.79 Å². The number of fused-ring (bicyclic) bond motifs is 2. The highest BCUT2D eigenvalue weighted by molar-refractivity contribution is 5.83. The molecule has 2 unspecified atom stereocenters. The van der Waals surface area contributed by atoms with Crippen LogP contribution in [0.15, 0.2) is 18.7 Å². The largest absolute Gasteiger partial charge is 0.302 e. The van der Waals surface area contributed by atoms with Crippen molar-refractivity contribution in [3.8, 4) is 0 Å². The number of hydrogen-bond acceptors (Lipinski definition) is 6. The van der Waals surface area contributed by atoms with Crippen LogP contribution in [0.3, 0.4) is 0 Å². The maximum absolute atomic E-state index is 11.8. The monoisotopic (exact) mass is 429 g/mol. The van der Waals surface area contributed by atoms with Gasteiger partial charge in [0.15, 0.2) is 0 Å². The zero-order valence-corrected chi connectivity index (χ0v) is 20.5. The summed E-state index contributed by atoms with van der Waals surface area (Å²) in [6.07, 6.45) is 10.2. The molecule has 0 N–H and O–H groups in total. The Balaban J connectivity index is 0.000000194. The normalized spacial score (nSPS) is 28.5. The van der Waals surface area contributed by atoms with Crippen LogP contribution in [0.25, 0.3) is 0 Å². The Bertz CT molecular complexity index is 674. The van der Waals surface area contributed by atoms with Gasteiger partial charge in [-0.05, 0) is 59.5 Å². The number of aromatic nitrogens is 2. The van der Waals surface area contributed by atoms with Crippen LogP contribution in [0.4, 0.5) is 0 Å². The van der Waals surface area contributed by atoms with Crippen molar-refractivity contribution >= 4 is 5.78 Å². The number of carbonyl (C=O) groups is 1. The molecule has 1 aliphatic carbocycles. The fourth-order valence-corrected chi connectivity index (χ4v) is 5.39. The molecule has 3 fully saturated rings. The highest BCUT2D eigenvalue weighted by atomic mass is 16.1. The summed E-state index contributed by atoms with van der Waals surface area (Å²) in [7, 11) is 4.41. The van der Waals surface area contributed by atoms with Crippen molar-refractivity contribution in [1.82, 2.24) is 24.7 Å². The van der Waals surface area contributed by atoms with Crippen molar-refractivity contribution in [3.63, 3.8) is 0 Å². The first-order chi connectivity index (χ1) is 14.7. The van der Waals surface area contributed by atoms with Gasteiger partial charge < -0.3 is 4.90 Å². The van der Waals surface area contributed by atoms with Gasteiger partial charge in [0.2, 0.25) is 0 Å². The molecular formula is C25H43N5O. The van der Waals surface area contributed by atoms with E-state index in [0.29, 0.717) is 17.6 Å². The molecule has 0 amide bonds. The standard InChI is InChI=1S/C15H23N3O.C10H20N2/c1-11(2)15(19)14-4-12(5-14)8-18(3)9-13-6-16-10-17-7-13;1-8(2)12-6-9-4-5-10(7-12)11(9)3/h6-7,10-12,14H,4-5,8-9H2,1-3H3;8-10H,4-7H2,1-3H3. The second kappa shape index (κ2) is 11.0. The summed E-state index contributed by atoms with van der Waals surface area (Å²) in [6, 6.07) is 2.44. The van der Waals surface area contributed by atoms with Gasteiger partial charge in [-0.2, -0.15) is 0 Å². The highest BCUT2D eigenvalue weighted by Crippen LogP contribution is 2.36. The van der Waals surface area contributed by atoms with Crippen LogP contribution in [0.2, 0.25) is 0 Å². The van der Waals surface area contributed by atoms with Crippen LogP contribution < -0.4 is 0 Å². The molecule has 0 aromatic carbocycles. The quantitative estimate of drug-likeness (QED) is 0.663. The van der Waals surface area contributed by atoms with E-state index in [1.165, 1.54) is 25.9 Å². The molecule has 6 nitrogen and oxygen atoms in total. The van der Waals surface area contributed by atoms with Gasteiger partial charge in [-0.15, -0.1) is 0 Å². The molecule has 3 heterocycles. The van der Waals surface area contributed by atoms with E-state index in [2.05, 4.69) is 52.6 Å². The van der Waals surface area contributed by atoms with Crippen molar-refractivity contribution in [1.29, 1.82) is 0 Å². The zero-order chi connectivity index (χ0) is 22.5. The molecule has 2 aliphatic heterocycles. The number of carbonyl (C=O) groups excluding carboxylic acids is 1. The molecule has 174 valence electrons. The lowest BCUT2D eigenvalue weighted by molar-refractivity contribution is -0.130. The molecule has 0 radical (unpaired) electrons. The molecule has 0 spiro atoms. The summed E-state index contributed by atoms with van der Waals surface area (Å²) in [5.41, 5.74) is 1.14. The van der Waals surface area contributed by atoms with Crippen LogP contribution in [0.1, 0.15) is 58.9 Å². The van der Waals surface area contributed by atoms with Gasteiger partial charge in [-0.25, -0.2) is 9.97 Å². The number of ketones is 1. The minimum atomic E-state index is 0.185. The summed E-state index contributed by atoms with van der Waals surface area (Å²) in [4.78, 5) is 27.4. The predicted octanol–water partition coefficient (Wildman–Crippen LogP) is 3.33. The Kier molecular flexibility index (Phi) is 8.59. The van der Waals surface area contributed by atoms with Gasteiger partial charge in [0.25, 0.3) is 0 Å². The lowest BCUT2D eigenvalue weighted by atomic mass is 9.70. The Hall–Kier alpha value is -1.37. The van der Waals surface area contributed by atoms with Crippen molar-refractivity contribution in [2.75, 3.05) is 33.7 Å². The molecule has 1 saturated carbocycles. The average Bonchev–Trinajstić information content (AvgIpc) is 2.91. The third kappa shape index (κ3) is 6.56. The maximum atomic E-state index is 11.8. The number of likely N-dealkylation sites (N-methyl/N-ethyl adjacent to an activating group) is 1. The predicted molar refractivity (Wildman–Crippen MR) is 126 cm³/mol. The molecule has 2 bridgehead atoms. The van der Waals surface area contributed by atoms with E-state index in [1.807, 2.05) is 26.2 Å².